The standard InChI is InChI=1S/C16H22N2O4S/c1-16(9-11-23(21,22)12-16)18-14(19)8-5-10-17-15(20)13-6-3-2-4-7-13/h2-4,6-7H,5,8-12H2,1H3,(H,17,20)(H,18,19). The molecule has 126 valence electrons. The fourth-order valence-electron chi connectivity index (χ4n) is 2.65. The molecule has 23 heavy (non-hydrogen) atoms. The lowest BCUT2D eigenvalue weighted by Crippen LogP contribution is -2.47. The van der Waals surface area contributed by atoms with Crippen molar-refractivity contribution >= 4 is 21.7 Å². The van der Waals surface area contributed by atoms with Crippen molar-refractivity contribution in [3.8, 4) is 0 Å². The summed E-state index contributed by atoms with van der Waals surface area (Å²) in [5, 5.41) is 5.56. The Morgan fingerprint density at radius 2 is 1.91 bits per heavy atom. The molecular weight excluding hydrogens is 316 g/mol. The average Bonchev–Trinajstić information content (AvgIpc) is 2.77. The van der Waals surface area contributed by atoms with Crippen molar-refractivity contribution in [2.75, 3.05) is 18.1 Å². The minimum Gasteiger partial charge on any atom is -0.352 e. The van der Waals surface area contributed by atoms with Gasteiger partial charge in [-0.3, -0.25) is 9.59 Å². The summed E-state index contributed by atoms with van der Waals surface area (Å²) in [4.78, 5) is 23.7. The first kappa shape index (κ1) is 17.5. The van der Waals surface area contributed by atoms with Gasteiger partial charge >= 0.3 is 0 Å². The van der Waals surface area contributed by atoms with Crippen LogP contribution in [0.1, 0.15) is 36.5 Å². The van der Waals surface area contributed by atoms with E-state index in [2.05, 4.69) is 10.6 Å². The smallest absolute Gasteiger partial charge is 0.251 e. The molecule has 0 spiro atoms. The molecule has 7 heteroatoms. The van der Waals surface area contributed by atoms with Gasteiger partial charge in [0.2, 0.25) is 5.91 Å². The van der Waals surface area contributed by atoms with Crippen LogP contribution in [0, 0.1) is 0 Å². The lowest BCUT2D eigenvalue weighted by Gasteiger charge is -2.23. The Morgan fingerprint density at radius 1 is 1.22 bits per heavy atom. The predicted molar refractivity (Wildman–Crippen MR) is 87.8 cm³/mol. The number of rotatable bonds is 6. The molecule has 2 rings (SSSR count). The summed E-state index contributed by atoms with van der Waals surface area (Å²) in [7, 11) is -3.04. The molecule has 2 amide bonds. The predicted octanol–water partition coefficient (Wildman–Crippen LogP) is 0.890. The van der Waals surface area contributed by atoms with Crippen molar-refractivity contribution in [3.05, 3.63) is 35.9 Å². The quantitative estimate of drug-likeness (QED) is 0.754. The molecular formula is C16H22N2O4S. The van der Waals surface area contributed by atoms with Crippen LogP contribution in [-0.2, 0) is 14.6 Å². The lowest BCUT2D eigenvalue weighted by molar-refractivity contribution is -0.122. The van der Waals surface area contributed by atoms with Gasteiger partial charge in [0.1, 0.15) is 0 Å². The van der Waals surface area contributed by atoms with Crippen LogP contribution in [-0.4, -0.2) is 43.8 Å². The third kappa shape index (κ3) is 5.35. The van der Waals surface area contributed by atoms with Crippen LogP contribution in [0.2, 0.25) is 0 Å². The van der Waals surface area contributed by atoms with Gasteiger partial charge in [0.05, 0.1) is 17.0 Å². The highest BCUT2D eigenvalue weighted by atomic mass is 32.2. The Labute approximate surface area is 136 Å². The van der Waals surface area contributed by atoms with E-state index in [-0.39, 0.29) is 29.7 Å². The number of carbonyl (C=O) groups excluding carboxylic acids is 2. The number of hydrogen-bond donors (Lipinski definition) is 2. The number of carbonyl (C=O) groups is 2. The van der Waals surface area contributed by atoms with Gasteiger partial charge in [-0.2, -0.15) is 0 Å². The summed E-state index contributed by atoms with van der Waals surface area (Å²) in [5.74, 6) is -0.230. The molecule has 1 aromatic carbocycles. The van der Waals surface area contributed by atoms with Crippen molar-refractivity contribution in [2.45, 2.75) is 31.7 Å². The Kier molecular flexibility index (Phi) is 5.41. The van der Waals surface area contributed by atoms with Crippen LogP contribution in [0.15, 0.2) is 30.3 Å². The van der Waals surface area contributed by atoms with Gasteiger partial charge in [0, 0.05) is 18.5 Å². The first-order valence-electron chi connectivity index (χ1n) is 7.64. The molecule has 6 nitrogen and oxygen atoms in total. The second-order valence-electron chi connectivity index (χ2n) is 6.18. The van der Waals surface area contributed by atoms with Crippen LogP contribution >= 0.6 is 0 Å². The molecule has 1 fully saturated rings. The molecule has 1 aliphatic heterocycles. The van der Waals surface area contributed by atoms with Crippen LogP contribution in [0.25, 0.3) is 0 Å². The van der Waals surface area contributed by atoms with Crippen molar-refractivity contribution in [1.82, 2.24) is 10.6 Å². The summed E-state index contributed by atoms with van der Waals surface area (Å²) >= 11 is 0. The maximum atomic E-state index is 11.9. The number of hydrogen-bond acceptors (Lipinski definition) is 4. The van der Waals surface area contributed by atoms with Gasteiger partial charge in [-0.15, -0.1) is 0 Å². The minimum absolute atomic E-state index is 0.00349. The summed E-state index contributed by atoms with van der Waals surface area (Å²) in [5.41, 5.74) is -0.0796. The Hall–Kier alpha value is -1.89. The van der Waals surface area contributed by atoms with Gasteiger partial charge in [0.15, 0.2) is 9.84 Å². The molecule has 0 bridgehead atoms. The van der Waals surface area contributed by atoms with E-state index in [0.717, 1.165) is 0 Å². The topological polar surface area (TPSA) is 92.3 Å². The fraction of sp³-hybridized carbons (Fsp3) is 0.500. The van der Waals surface area contributed by atoms with E-state index in [0.29, 0.717) is 24.9 Å². The zero-order chi connectivity index (χ0) is 16.9. The van der Waals surface area contributed by atoms with E-state index in [1.54, 1.807) is 31.2 Å². The van der Waals surface area contributed by atoms with Crippen molar-refractivity contribution in [1.29, 1.82) is 0 Å². The molecule has 1 aliphatic rings. The molecule has 0 aromatic heterocycles. The van der Waals surface area contributed by atoms with Crippen molar-refractivity contribution in [2.24, 2.45) is 0 Å². The van der Waals surface area contributed by atoms with Crippen molar-refractivity contribution < 1.29 is 18.0 Å². The molecule has 1 aromatic rings. The Bertz CT molecular complexity index is 673. The molecule has 0 radical (unpaired) electrons. The maximum absolute atomic E-state index is 11.9. The average molecular weight is 338 g/mol. The largest absolute Gasteiger partial charge is 0.352 e. The van der Waals surface area contributed by atoms with E-state index in [4.69, 9.17) is 0 Å². The van der Waals surface area contributed by atoms with Crippen LogP contribution in [0.3, 0.4) is 0 Å². The van der Waals surface area contributed by atoms with E-state index < -0.39 is 15.4 Å². The highest BCUT2D eigenvalue weighted by molar-refractivity contribution is 7.91. The highest BCUT2D eigenvalue weighted by Crippen LogP contribution is 2.22. The highest BCUT2D eigenvalue weighted by Gasteiger charge is 2.39. The van der Waals surface area contributed by atoms with Crippen LogP contribution in [0.4, 0.5) is 0 Å². The number of sulfone groups is 1. The maximum Gasteiger partial charge on any atom is 0.251 e. The third-order valence-corrected chi connectivity index (χ3v) is 5.75. The van der Waals surface area contributed by atoms with Crippen LogP contribution < -0.4 is 10.6 Å². The zero-order valence-corrected chi connectivity index (χ0v) is 14.0. The van der Waals surface area contributed by atoms with E-state index >= 15 is 0 Å². The van der Waals surface area contributed by atoms with E-state index in [9.17, 15) is 18.0 Å². The summed E-state index contributed by atoms with van der Waals surface area (Å²) in [6.07, 6.45) is 1.21. The molecule has 0 saturated carbocycles. The second kappa shape index (κ2) is 7.12. The SMILES string of the molecule is CC1(NC(=O)CCCNC(=O)c2ccccc2)CCS(=O)(=O)C1. The number of benzene rings is 1. The van der Waals surface area contributed by atoms with Gasteiger partial charge in [-0.05, 0) is 31.9 Å². The second-order valence-corrected chi connectivity index (χ2v) is 8.36. The summed E-state index contributed by atoms with van der Waals surface area (Å²) in [6, 6.07) is 8.87. The molecule has 1 saturated heterocycles. The Morgan fingerprint density at radius 3 is 2.52 bits per heavy atom. The zero-order valence-electron chi connectivity index (χ0n) is 13.2. The minimum atomic E-state index is -3.04. The number of nitrogens with one attached hydrogen (secondary N) is 2. The van der Waals surface area contributed by atoms with Crippen molar-refractivity contribution in [3.63, 3.8) is 0 Å². The lowest BCUT2D eigenvalue weighted by atomic mass is 10.0. The fourth-order valence-corrected chi connectivity index (χ4v) is 4.74. The van der Waals surface area contributed by atoms with Gasteiger partial charge in [0.25, 0.3) is 5.91 Å². The Balaban J connectivity index is 1.68. The monoisotopic (exact) mass is 338 g/mol. The summed E-state index contributed by atoms with van der Waals surface area (Å²) < 4.78 is 23.0. The summed E-state index contributed by atoms with van der Waals surface area (Å²) in [6.45, 7) is 2.16. The normalized spacial score (nSPS) is 22.5. The van der Waals surface area contributed by atoms with Crippen LogP contribution in [0.5, 0.6) is 0 Å². The first-order valence-corrected chi connectivity index (χ1v) is 9.47. The number of amides is 2. The van der Waals surface area contributed by atoms with Gasteiger partial charge < -0.3 is 10.6 Å². The molecule has 2 N–H and O–H groups in total. The molecule has 1 unspecified atom stereocenters. The molecule has 1 heterocycles. The van der Waals surface area contributed by atoms with Gasteiger partial charge in [-0.25, -0.2) is 8.42 Å². The first-order chi connectivity index (χ1) is 10.8. The molecule has 0 aliphatic carbocycles. The third-order valence-electron chi connectivity index (χ3n) is 3.85. The van der Waals surface area contributed by atoms with Gasteiger partial charge in [-0.1, -0.05) is 18.2 Å². The molecule has 1 atom stereocenters. The van der Waals surface area contributed by atoms with E-state index in [1.807, 2.05) is 6.07 Å². The van der Waals surface area contributed by atoms with E-state index in [1.165, 1.54) is 0 Å².